The topological polar surface area (TPSA) is 119 Å². The van der Waals surface area contributed by atoms with Crippen molar-refractivity contribution in [2.45, 2.75) is 49.7 Å². The molecular formula is C34H34O8. The predicted octanol–water partition coefficient (Wildman–Crippen LogP) is 5.37. The predicted molar refractivity (Wildman–Crippen MR) is 156 cm³/mol. The molecule has 42 heavy (non-hydrogen) atoms. The highest BCUT2D eigenvalue weighted by molar-refractivity contribution is 5.90. The van der Waals surface area contributed by atoms with Crippen molar-refractivity contribution in [3.05, 3.63) is 95.1 Å². The molecule has 0 amide bonds. The molecule has 8 heteroatoms. The second-order valence-electron chi connectivity index (χ2n) is 11.0. The normalized spacial score (nSPS) is 23.2. The number of hydrogen-bond donors (Lipinski definition) is 2. The van der Waals surface area contributed by atoms with E-state index in [0.717, 1.165) is 35.0 Å². The van der Waals surface area contributed by atoms with E-state index in [2.05, 4.69) is 0 Å². The number of ether oxygens (including phenoxy) is 3. The fraction of sp³-hybridized carbons (Fsp3) is 0.324. The summed E-state index contributed by atoms with van der Waals surface area (Å²) in [6, 6.07) is 20.6. The average Bonchev–Trinajstić information content (AvgIpc) is 3.54. The lowest BCUT2D eigenvalue weighted by molar-refractivity contribution is -0.138. The number of carboxylic acids is 1. The summed E-state index contributed by atoms with van der Waals surface area (Å²) in [4.78, 5) is 37.6. The van der Waals surface area contributed by atoms with E-state index >= 15 is 0 Å². The molecule has 3 aromatic rings. The van der Waals surface area contributed by atoms with E-state index in [9.17, 15) is 24.6 Å². The summed E-state index contributed by atoms with van der Waals surface area (Å²) in [6.45, 7) is 0. The van der Waals surface area contributed by atoms with Gasteiger partial charge in [-0.15, -0.1) is 0 Å². The van der Waals surface area contributed by atoms with Crippen molar-refractivity contribution in [2.75, 3.05) is 14.2 Å². The average molecular weight is 571 g/mol. The minimum Gasteiger partial charge on any atom is -0.493 e. The minimum absolute atomic E-state index is 0.0123. The van der Waals surface area contributed by atoms with Gasteiger partial charge in [0, 0.05) is 12.3 Å². The van der Waals surface area contributed by atoms with Crippen LogP contribution in [0.4, 0.5) is 0 Å². The van der Waals surface area contributed by atoms with Crippen LogP contribution in [0.3, 0.4) is 0 Å². The van der Waals surface area contributed by atoms with Gasteiger partial charge < -0.3 is 24.4 Å². The molecular weight excluding hydrogens is 536 g/mol. The van der Waals surface area contributed by atoms with Crippen LogP contribution in [0.2, 0.25) is 0 Å². The lowest BCUT2D eigenvalue weighted by Gasteiger charge is -2.28. The summed E-state index contributed by atoms with van der Waals surface area (Å²) in [7, 11) is 3.12. The molecule has 218 valence electrons. The van der Waals surface area contributed by atoms with Crippen molar-refractivity contribution in [2.24, 2.45) is 5.92 Å². The van der Waals surface area contributed by atoms with Gasteiger partial charge in [-0.3, -0.25) is 9.59 Å². The van der Waals surface area contributed by atoms with Crippen molar-refractivity contribution >= 4 is 18.2 Å². The Hall–Kier alpha value is -4.43. The number of aldehydes is 1. The van der Waals surface area contributed by atoms with Crippen LogP contribution in [0.15, 0.2) is 78.4 Å². The number of aliphatic carboxylic acids is 1. The summed E-state index contributed by atoms with van der Waals surface area (Å²) < 4.78 is 17.0. The molecule has 0 radical (unpaired) electrons. The smallest absolute Gasteiger partial charge is 0.338 e. The molecule has 0 spiro atoms. The van der Waals surface area contributed by atoms with Crippen LogP contribution in [0.25, 0.3) is 11.1 Å². The highest BCUT2D eigenvalue weighted by atomic mass is 16.6. The number of carbonyl (C=O) groups is 3. The summed E-state index contributed by atoms with van der Waals surface area (Å²) in [6.07, 6.45) is 2.55. The first kappa shape index (κ1) is 29.1. The van der Waals surface area contributed by atoms with Gasteiger partial charge in [0.15, 0.2) is 11.5 Å². The first-order valence-electron chi connectivity index (χ1n) is 14.0. The van der Waals surface area contributed by atoms with Gasteiger partial charge >= 0.3 is 11.9 Å². The van der Waals surface area contributed by atoms with E-state index in [0.29, 0.717) is 29.1 Å². The van der Waals surface area contributed by atoms with Crippen molar-refractivity contribution in [3.8, 4) is 22.6 Å². The summed E-state index contributed by atoms with van der Waals surface area (Å²) in [5, 5.41) is 20.3. The van der Waals surface area contributed by atoms with E-state index in [4.69, 9.17) is 14.2 Å². The number of hydrogen-bond acceptors (Lipinski definition) is 7. The highest BCUT2D eigenvalue weighted by Crippen LogP contribution is 2.46. The zero-order chi connectivity index (χ0) is 29.9. The Morgan fingerprint density at radius 1 is 0.952 bits per heavy atom. The fourth-order valence-electron chi connectivity index (χ4n) is 6.32. The first-order valence-corrected chi connectivity index (χ1v) is 14.0. The third-order valence-electron chi connectivity index (χ3n) is 8.36. The molecule has 2 N–H and O–H groups in total. The molecule has 8 nitrogen and oxygen atoms in total. The molecule has 2 aliphatic carbocycles. The van der Waals surface area contributed by atoms with Gasteiger partial charge in [0.25, 0.3) is 0 Å². The van der Waals surface area contributed by atoms with E-state index in [1.165, 1.54) is 0 Å². The Labute approximate surface area is 244 Å². The lowest BCUT2D eigenvalue weighted by atomic mass is 9.87. The van der Waals surface area contributed by atoms with Crippen molar-refractivity contribution < 1.29 is 38.8 Å². The summed E-state index contributed by atoms with van der Waals surface area (Å²) in [5.74, 6) is -1.44. The van der Waals surface area contributed by atoms with Crippen LogP contribution in [0, 0.1) is 5.92 Å². The molecule has 2 aliphatic rings. The van der Waals surface area contributed by atoms with Crippen LogP contribution < -0.4 is 9.47 Å². The Kier molecular flexibility index (Phi) is 8.45. The number of carbonyl (C=O) groups excluding carboxylic acids is 2. The first-order chi connectivity index (χ1) is 20.3. The number of aryl methyl sites for hydroxylation is 1. The quantitative estimate of drug-likeness (QED) is 0.190. The summed E-state index contributed by atoms with van der Waals surface area (Å²) in [5.41, 5.74) is 3.27. The van der Waals surface area contributed by atoms with Crippen molar-refractivity contribution in [3.63, 3.8) is 0 Å². The second kappa shape index (κ2) is 12.2. The maximum absolute atomic E-state index is 13.5. The molecule has 0 saturated heterocycles. The molecule has 1 unspecified atom stereocenters. The van der Waals surface area contributed by atoms with E-state index in [1.54, 1.807) is 32.4 Å². The molecule has 3 aromatic carbocycles. The van der Waals surface area contributed by atoms with Crippen molar-refractivity contribution in [1.29, 1.82) is 0 Å². The van der Waals surface area contributed by atoms with Crippen LogP contribution >= 0.6 is 0 Å². The lowest BCUT2D eigenvalue weighted by Crippen LogP contribution is -2.32. The zero-order valence-electron chi connectivity index (χ0n) is 23.6. The maximum Gasteiger partial charge on any atom is 0.338 e. The van der Waals surface area contributed by atoms with Gasteiger partial charge in [-0.2, -0.15) is 0 Å². The third kappa shape index (κ3) is 5.94. The number of aliphatic hydroxyl groups excluding tert-OH is 1. The minimum atomic E-state index is -1.36. The summed E-state index contributed by atoms with van der Waals surface area (Å²) >= 11 is 0. The molecule has 0 aromatic heterocycles. The number of esters is 1. The molecule has 4 atom stereocenters. The molecule has 1 fully saturated rings. The van der Waals surface area contributed by atoms with Gasteiger partial charge in [0.2, 0.25) is 0 Å². The number of carboxylic acid groups (broad SMARTS) is 1. The third-order valence-corrected chi connectivity index (χ3v) is 8.36. The number of methoxy groups -OCH3 is 2. The SMILES string of the molecule is COc1cc2c(cc1OC)C(C(C=O)=C[C@]1(OC(=O)c3ccc(-c4ccccc4)cc3)C[C@@H](CC(=O)O)[C@@H](O)C1)CC2. The van der Waals surface area contributed by atoms with Gasteiger partial charge in [-0.05, 0) is 83.3 Å². The van der Waals surface area contributed by atoms with Crippen LogP contribution in [-0.4, -0.2) is 54.4 Å². The van der Waals surface area contributed by atoms with Crippen LogP contribution in [0.1, 0.15) is 53.1 Å². The number of benzene rings is 3. The van der Waals surface area contributed by atoms with Crippen LogP contribution in [-0.2, 0) is 20.7 Å². The van der Waals surface area contributed by atoms with Gasteiger partial charge in [0.05, 0.1) is 32.3 Å². The Morgan fingerprint density at radius 3 is 2.26 bits per heavy atom. The highest BCUT2D eigenvalue weighted by Gasteiger charge is 2.48. The second-order valence-corrected chi connectivity index (χ2v) is 11.0. The number of rotatable bonds is 10. The van der Waals surface area contributed by atoms with Gasteiger partial charge in [-0.1, -0.05) is 42.5 Å². The number of aliphatic hydroxyl groups is 1. The Balaban J connectivity index is 1.48. The number of fused-ring (bicyclic) bond motifs is 1. The molecule has 5 rings (SSSR count). The molecule has 0 heterocycles. The molecule has 1 saturated carbocycles. The largest absolute Gasteiger partial charge is 0.493 e. The monoisotopic (exact) mass is 570 g/mol. The van der Waals surface area contributed by atoms with E-state index in [1.807, 2.05) is 54.6 Å². The standard InChI is InChI=1S/C34H34O8/c1-40-30-14-24-12-13-27(28(24)16-31(30)41-2)26(20-35)18-34(17-25(15-32(37)38)29(36)19-34)42-33(39)23-10-8-22(9-11-23)21-6-4-3-5-7-21/h3-11,14,16,18,20,25,27,29,36H,12-13,15,17,19H2,1-2H3,(H,37,38)/t25-,27?,29+,34-/m1/s1. The molecule has 0 bridgehead atoms. The Bertz CT molecular complexity index is 1490. The maximum atomic E-state index is 13.5. The van der Waals surface area contributed by atoms with Gasteiger partial charge in [-0.25, -0.2) is 4.79 Å². The van der Waals surface area contributed by atoms with Crippen LogP contribution in [0.5, 0.6) is 11.5 Å². The van der Waals surface area contributed by atoms with E-state index in [-0.39, 0.29) is 25.2 Å². The van der Waals surface area contributed by atoms with Gasteiger partial charge in [0.1, 0.15) is 11.9 Å². The van der Waals surface area contributed by atoms with E-state index < -0.39 is 29.6 Å². The molecule has 0 aliphatic heterocycles. The number of allylic oxidation sites excluding steroid dienone is 1. The van der Waals surface area contributed by atoms with Crippen molar-refractivity contribution in [1.82, 2.24) is 0 Å². The zero-order valence-corrected chi connectivity index (χ0v) is 23.6. The fourth-order valence-corrected chi connectivity index (χ4v) is 6.32. The Morgan fingerprint density at radius 2 is 1.62 bits per heavy atom.